The number of amides is 2. The Balaban J connectivity index is 1.75. The van der Waals surface area contributed by atoms with Gasteiger partial charge in [-0.1, -0.05) is 42.5 Å². The molecule has 0 aliphatic carbocycles. The van der Waals surface area contributed by atoms with Crippen molar-refractivity contribution < 1.29 is 9.53 Å². The van der Waals surface area contributed by atoms with Crippen LogP contribution in [0.5, 0.6) is 5.75 Å². The number of urea groups is 1. The van der Waals surface area contributed by atoms with Gasteiger partial charge < -0.3 is 15.4 Å². The number of benzene rings is 2. The molecule has 0 spiro atoms. The Morgan fingerprint density at radius 2 is 1.78 bits per heavy atom. The monoisotopic (exact) mass is 312 g/mol. The second kappa shape index (κ2) is 8.83. The molecule has 2 N–H and O–H groups in total. The molecule has 0 fully saturated rings. The molecule has 2 aromatic rings. The zero-order chi connectivity index (χ0) is 16.5. The summed E-state index contributed by atoms with van der Waals surface area (Å²) in [7, 11) is 0. The summed E-state index contributed by atoms with van der Waals surface area (Å²) < 4.78 is 5.42. The summed E-state index contributed by atoms with van der Waals surface area (Å²) in [5, 5.41) is 5.83. The van der Waals surface area contributed by atoms with E-state index < -0.39 is 0 Å². The summed E-state index contributed by atoms with van der Waals surface area (Å²) >= 11 is 0. The third-order valence-corrected chi connectivity index (χ3v) is 3.58. The lowest BCUT2D eigenvalue weighted by Gasteiger charge is -2.15. The molecular weight excluding hydrogens is 288 g/mol. The number of rotatable bonds is 7. The standard InChI is InChI=1S/C19H24N2O2/c1-3-23-18-11-9-17(10-12-18)15(2)21-19(22)20-14-13-16-7-5-4-6-8-16/h4-12,15H,3,13-14H2,1-2H3,(H2,20,21,22). The number of hydrogen-bond acceptors (Lipinski definition) is 2. The molecule has 0 saturated heterocycles. The Kier molecular flexibility index (Phi) is 6.48. The summed E-state index contributed by atoms with van der Waals surface area (Å²) in [6.07, 6.45) is 0.825. The van der Waals surface area contributed by atoms with Crippen LogP contribution in [0.1, 0.15) is 31.0 Å². The Labute approximate surface area is 137 Å². The molecule has 2 rings (SSSR count). The largest absolute Gasteiger partial charge is 0.494 e. The highest BCUT2D eigenvalue weighted by atomic mass is 16.5. The summed E-state index contributed by atoms with van der Waals surface area (Å²) in [5.74, 6) is 0.843. The third-order valence-electron chi connectivity index (χ3n) is 3.58. The molecular formula is C19H24N2O2. The van der Waals surface area contributed by atoms with E-state index in [0.717, 1.165) is 17.7 Å². The zero-order valence-electron chi connectivity index (χ0n) is 13.7. The average molecular weight is 312 g/mol. The van der Waals surface area contributed by atoms with E-state index in [1.807, 2.05) is 56.3 Å². The van der Waals surface area contributed by atoms with E-state index >= 15 is 0 Å². The lowest BCUT2D eigenvalue weighted by Crippen LogP contribution is -2.38. The van der Waals surface area contributed by atoms with Gasteiger partial charge in [-0.3, -0.25) is 0 Å². The molecule has 1 atom stereocenters. The van der Waals surface area contributed by atoms with E-state index in [-0.39, 0.29) is 12.1 Å². The SMILES string of the molecule is CCOc1ccc(C(C)NC(=O)NCCc2ccccc2)cc1. The molecule has 4 heteroatoms. The fourth-order valence-electron chi connectivity index (χ4n) is 2.32. The van der Waals surface area contributed by atoms with Gasteiger partial charge in [-0.05, 0) is 43.5 Å². The molecule has 0 saturated carbocycles. The second-order valence-electron chi connectivity index (χ2n) is 5.36. The van der Waals surface area contributed by atoms with Gasteiger partial charge in [-0.25, -0.2) is 4.79 Å². The van der Waals surface area contributed by atoms with Crippen LogP contribution in [0.25, 0.3) is 0 Å². The van der Waals surface area contributed by atoms with Crippen LogP contribution < -0.4 is 15.4 Å². The molecule has 0 bridgehead atoms. The van der Waals surface area contributed by atoms with Crippen LogP contribution in [0.4, 0.5) is 4.79 Å². The molecule has 2 amide bonds. The topological polar surface area (TPSA) is 50.4 Å². The predicted molar refractivity (Wildman–Crippen MR) is 92.7 cm³/mol. The van der Waals surface area contributed by atoms with Crippen molar-refractivity contribution in [1.82, 2.24) is 10.6 Å². The molecule has 0 radical (unpaired) electrons. The van der Waals surface area contributed by atoms with Gasteiger partial charge in [0.05, 0.1) is 12.6 Å². The normalized spacial score (nSPS) is 11.6. The number of nitrogens with one attached hydrogen (secondary N) is 2. The van der Waals surface area contributed by atoms with E-state index in [0.29, 0.717) is 13.2 Å². The lowest BCUT2D eigenvalue weighted by molar-refractivity contribution is 0.238. The molecule has 1 unspecified atom stereocenters. The Hall–Kier alpha value is -2.49. The maximum atomic E-state index is 11.9. The minimum Gasteiger partial charge on any atom is -0.494 e. The van der Waals surface area contributed by atoms with Crippen LogP contribution in [0.15, 0.2) is 54.6 Å². The minimum absolute atomic E-state index is 0.0533. The summed E-state index contributed by atoms with van der Waals surface area (Å²) in [6, 6.07) is 17.7. The quantitative estimate of drug-likeness (QED) is 0.819. The Morgan fingerprint density at radius 1 is 1.09 bits per heavy atom. The first-order valence-corrected chi connectivity index (χ1v) is 8.00. The zero-order valence-corrected chi connectivity index (χ0v) is 13.7. The fraction of sp³-hybridized carbons (Fsp3) is 0.316. The van der Waals surface area contributed by atoms with Crippen LogP contribution >= 0.6 is 0 Å². The summed E-state index contributed by atoms with van der Waals surface area (Å²) in [6.45, 7) is 5.19. The van der Waals surface area contributed by atoms with Crippen molar-refractivity contribution in [3.05, 3.63) is 65.7 Å². The van der Waals surface area contributed by atoms with Crippen molar-refractivity contribution in [3.63, 3.8) is 0 Å². The number of carbonyl (C=O) groups is 1. The lowest BCUT2D eigenvalue weighted by atomic mass is 10.1. The van der Waals surface area contributed by atoms with Gasteiger partial charge >= 0.3 is 6.03 Å². The predicted octanol–water partition coefficient (Wildman–Crippen LogP) is 3.69. The fourth-order valence-corrected chi connectivity index (χ4v) is 2.32. The number of ether oxygens (including phenoxy) is 1. The van der Waals surface area contributed by atoms with Crippen LogP contribution in [0.2, 0.25) is 0 Å². The maximum Gasteiger partial charge on any atom is 0.315 e. The van der Waals surface area contributed by atoms with E-state index in [4.69, 9.17) is 4.74 Å². The maximum absolute atomic E-state index is 11.9. The van der Waals surface area contributed by atoms with Crippen LogP contribution in [-0.4, -0.2) is 19.2 Å². The van der Waals surface area contributed by atoms with Crippen LogP contribution in [0, 0.1) is 0 Å². The highest BCUT2D eigenvalue weighted by molar-refractivity contribution is 5.74. The molecule has 0 heterocycles. The first-order chi connectivity index (χ1) is 11.2. The molecule has 2 aromatic carbocycles. The first-order valence-electron chi connectivity index (χ1n) is 8.00. The van der Waals surface area contributed by atoms with Crippen LogP contribution in [0.3, 0.4) is 0 Å². The Bertz CT molecular complexity index is 597. The van der Waals surface area contributed by atoms with E-state index in [2.05, 4.69) is 22.8 Å². The first kappa shape index (κ1) is 16.9. The van der Waals surface area contributed by atoms with Crippen molar-refractivity contribution in [3.8, 4) is 5.75 Å². The molecule has 0 aliphatic heterocycles. The molecule has 0 aliphatic rings. The van der Waals surface area contributed by atoms with Crippen molar-refractivity contribution in [2.75, 3.05) is 13.2 Å². The van der Waals surface area contributed by atoms with Gasteiger partial charge in [-0.2, -0.15) is 0 Å². The molecule has 23 heavy (non-hydrogen) atoms. The van der Waals surface area contributed by atoms with Gasteiger partial charge in [0, 0.05) is 6.54 Å². The highest BCUT2D eigenvalue weighted by Crippen LogP contribution is 2.17. The average Bonchev–Trinajstić information content (AvgIpc) is 2.57. The van der Waals surface area contributed by atoms with Crippen molar-refractivity contribution in [2.24, 2.45) is 0 Å². The molecule has 4 nitrogen and oxygen atoms in total. The van der Waals surface area contributed by atoms with Gasteiger partial charge in [0.15, 0.2) is 0 Å². The number of hydrogen-bond donors (Lipinski definition) is 2. The number of carbonyl (C=O) groups excluding carboxylic acids is 1. The van der Waals surface area contributed by atoms with Crippen molar-refractivity contribution in [2.45, 2.75) is 26.3 Å². The van der Waals surface area contributed by atoms with Crippen molar-refractivity contribution in [1.29, 1.82) is 0 Å². The Morgan fingerprint density at radius 3 is 2.43 bits per heavy atom. The highest BCUT2D eigenvalue weighted by Gasteiger charge is 2.09. The van der Waals surface area contributed by atoms with Crippen LogP contribution in [-0.2, 0) is 6.42 Å². The molecule has 0 aromatic heterocycles. The second-order valence-corrected chi connectivity index (χ2v) is 5.36. The van der Waals surface area contributed by atoms with Gasteiger partial charge in [0.1, 0.15) is 5.75 Å². The molecule has 122 valence electrons. The van der Waals surface area contributed by atoms with E-state index in [1.165, 1.54) is 5.56 Å². The van der Waals surface area contributed by atoms with E-state index in [1.54, 1.807) is 0 Å². The van der Waals surface area contributed by atoms with Gasteiger partial charge in [0.25, 0.3) is 0 Å². The smallest absolute Gasteiger partial charge is 0.315 e. The van der Waals surface area contributed by atoms with Gasteiger partial charge in [0.2, 0.25) is 0 Å². The van der Waals surface area contributed by atoms with E-state index in [9.17, 15) is 4.79 Å². The summed E-state index contributed by atoms with van der Waals surface area (Å²) in [5.41, 5.74) is 2.26. The van der Waals surface area contributed by atoms with Gasteiger partial charge in [-0.15, -0.1) is 0 Å². The minimum atomic E-state index is -0.151. The van der Waals surface area contributed by atoms with Crippen molar-refractivity contribution >= 4 is 6.03 Å². The summed E-state index contributed by atoms with van der Waals surface area (Å²) in [4.78, 5) is 11.9. The third kappa shape index (κ3) is 5.66.